The molecule has 0 aliphatic heterocycles. The molecule has 0 N–H and O–H groups in total. The van der Waals surface area contributed by atoms with Crippen molar-refractivity contribution in [2.24, 2.45) is 0 Å². The van der Waals surface area contributed by atoms with E-state index in [1.165, 1.54) is 22.9 Å². The molecular weight excluding hydrogens is 306 g/mol. The van der Waals surface area contributed by atoms with E-state index < -0.39 is 4.92 Å². The Morgan fingerprint density at radius 2 is 1.88 bits per heavy atom. The molecular formula is C18H15N3O3. The lowest BCUT2D eigenvalue weighted by atomic mass is 10.1. The van der Waals surface area contributed by atoms with E-state index in [1.54, 1.807) is 18.2 Å². The fraction of sp³-hybridized carbons (Fsp3) is 0.111. The number of rotatable bonds is 4. The van der Waals surface area contributed by atoms with Crippen molar-refractivity contribution >= 4 is 5.69 Å². The van der Waals surface area contributed by atoms with E-state index in [0.717, 1.165) is 11.1 Å². The van der Waals surface area contributed by atoms with Crippen LogP contribution in [0.2, 0.25) is 0 Å². The molecule has 3 aromatic rings. The molecule has 2 aromatic carbocycles. The number of benzene rings is 2. The second-order valence-corrected chi connectivity index (χ2v) is 5.45. The second-order valence-electron chi connectivity index (χ2n) is 5.45. The molecule has 0 radical (unpaired) electrons. The highest BCUT2D eigenvalue weighted by Crippen LogP contribution is 2.21. The van der Waals surface area contributed by atoms with E-state index in [9.17, 15) is 14.9 Å². The topological polar surface area (TPSA) is 78.0 Å². The van der Waals surface area contributed by atoms with Crippen LogP contribution in [-0.2, 0) is 6.54 Å². The van der Waals surface area contributed by atoms with Crippen LogP contribution >= 0.6 is 0 Å². The largest absolute Gasteiger partial charge is 0.270 e. The zero-order chi connectivity index (χ0) is 17.1. The molecule has 6 heteroatoms. The summed E-state index contributed by atoms with van der Waals surface area (Å²) >= 11 is 0. The smallest absolute Gasteiger partial charge is 0.268 e. The highest BCUT2D eigenvalue weighted by Gasteiger charge is 2.10. The Bertz CT molecular complexity index is 963. The lowest BCUT2D eigenvalue weighted by Gasteiger charge is -2.09. The van der Waals surface area contributed by atoms with E-state index in [1.807, 2.05) is 31.2 Å². The van der Waals surface area contributed by atoms with E-state index in [2.05, 4.69) is 5.10 Å². The average molecular weight is 321 g/mol. The van der Waals surface area contributed by atoms with Gasteiger partial charge in [-0.3, -0.25) is 14.9 Å². The van der Waals surface area contributed by atoms with Gasteiger partial charge in [-0.2, -0.15) is 5.10 Å². The van der Waals surface area contributed by atoms with Gasteiger partial charge >= 0.3 is 0 Å². The third-order valence-electron chi connectivity index (χ3n) is 3.80. The molecule has 0 amide bonds. The average Bonchev–Trinajstić information content (AvgIpc) is 2.59. The van der Waals surface area contributed by atoms with Crippen molar-refractivity contribution in [3.05, 3.63) is 92.3 Å². The van der Waals surface area contributed by atoms with Crippen LogP contribution in [0, 0.1) is 17.0 Å². The Labute approximate surface area is 138 Å². The van der Waals surface area contributed by atoms with Crippen molar-refractivity contribution in [3.8, 4) is 11.3 Å². The van der Waals surface area contributed by atoms with Crippen LogP contribution < -0.4 is 5.56 Å². The van der Waals surface area contributed by atoms with Gasteiger partial charge in [-0.05, 0) is 24.1 Å². The molecule has 0 atom stereocenters. The molecule has 6 nitrogen and oxygen atoms in total. The van der Waals surface area contributed by atoms with Crippen molar-refractivity contribution < 1.29 is 4.92 Å². The van der Waals surface area contributed by atoms with Crippen LogP contribution in [0.1, 0.15) is 11.1 Å². The van der Waals surface area contributed by atoms with E-state index in [0.29, 0.717) is 17.8 Å². The van der Waals surface area contributed by atoms with Crippen molar-refractivity contribution in [2.45, 2.75) is 13.5 Å². The number of hydrogen-bond donors (Lipinski definition) is 0. The summed E-state index contributed by atoms with van der Waals surface area (Å²) in [6.07, 6.45) is 0. The maximum absolute atomic E-state index is 12.1. The molecule has 24 heavy (non-hydrogen) atoms. The first kappa shape index (κ1) is 15.6. The minimum atomic E-state index is -0.452. The third-order valence-corrected chi connectivity index (χ3v) is 3.80. The summed E-state index contributed by atoms with van der Waals surface area (Å²) in [5, 5.41) is 15.3. The SMILES string of the molecule is Cc1ccccc1Cn1nc(-c2cccc([N+](=O)[O-])c2)ccc1=O. The minimum absolute atomic E-state index is 0.00838. The Kier molecular flexibility index (Phi) is 4.20. The summed E-state index contributed by atoms with van der Waals surface area (Å²) in [6, 6.07) is 17.0. The van der Waals surface area contributed by atoms with Gasteiger partial charge in [0.05, 0.1) is 17.2 Å². The Balaban J connectivity index is 2.00. The van der Waals surface area contributed by atoms with Gasteiger partial charge in [0.15, 0.2) is 0 Å². The number of nitro groups is 1. The fourth-order valence-corrected chi connectivity index (χ4v) is 2.44. The number of nitro benzene ring substituents is 1. The minimum Gasteiger partial charge on any atom is -0.268 e. The number of aromatic nitrogens is 2. The molecule has 0 saturated heterocycles. The summed E-state index contributed by atoms with van der Waals surface area (Å²) in [5.41, 5.74) is 2.98. The number of non-ortho nitro benzene ring substituents is 1. The van der Waals surface area contributed by atoms with Gasteiger partial charge in [0, 0.05) is 23.8 Å². The third kappa shape index (κ3) is 3.22. The molecule has 0 unspecified atom stereocenters. The lowest BCUT2D eigenvalue weighted by molar-refractivity contribution is -0.384. The van der Waals surface area contributed by atoms with Crippen LogP contribution in [0.15, 0.2) is 65.5 Å². The van der Waals surface area contributed by atoms with E-state index >= 15 is 0 Å². The number of aryl methyl sites for hydroxylation is 1. The van der Waals surface area contributed by atoms with Gasteiger partial charge < -0.3 is 0 Å². The first-order valence-electron chi connectivity index (χ1n) is 7.42. The fourth-order valence-electron chi connectivity index (χ4n) is 2.44. The summed E-state index contributed by atoms with van der Waals surface area (Å²) in [4.78, 5) is 22.5. The predicted octanol–water partition coefficient (Wildman–Crippen LogP) is 3.18. The zero-order valence-corrected chi connectivity index (χ0v) is 13.0. The summed E-state index contributed by atoms with van der Waals surface area (Å²) in [7, 11) is 0. The van der Waals surface area contributed by atoms with Gasteiger partial charge in [-0.25, -0.2) is 4.68 Å². The monoisotopic (exact) mass is 321 g/mol. The molecule has 0 bridgehead atoms. The number of nitrogens with zero attached hydrogens (tertiary/aromatic N) is 3. The first-order chi connectivity index (χ1) is 11.5. The Hall–Kier alpha value is -3.28. The maximum atomic E-state index is 12.1. The van der Waals surface area contributed by atoms with E-state index in [4.69, 9.17) is 0 Å². The zero-order valence-electron chi connectivity index (χ0n) is 13.0. The van der Waals surface area contributed by atoms with Crippen LogP contribution in [0.3, 0.4) is 0 Å². The quantitative estimate of drug-likeness (QED) is 0.546. The van der Waals surface area contributed by atoms with Crippen LogP contribution in [-0.4, -0.2) is 14.7 Å². The molecule has 0 spiro atoms. The van der Waals surface area contributed by atoms with Crippen molar-refractivity contribution in [3.63, 3.8) is 0 Å². The first-order valence-corrected chi connectivity index (χ1v) is 7.42. The van der Waals surface area contributed by atoms with Crippen LogP contribution in [0.25, 0.3) is 11.3 Å². The molecule has 120 valence electrons. The summed E-state index contributed by atoms with van der Waals surface area (Å²) in [6.45, 7) is 2.33. The highest BCUT2D eigenvalue weighted by atomic mass is 16.6. The van der Waals surface area contributed by atoms with Gasteiger partial charge in [-0.1, -0.05) is 36.4 Å². The summed E-state index contributed by atoms with van der Waals surface area (Å²) in [5.74, 6) is 0. The van der Waals surface area contributed by atoms with Crippen molar-refractivity contribution in [1.29, 1.82) is 0 Å². The highest BCUT2D eigenvalue weighted by molar-refractivity contribution is 5.61. The van der Waals surface area contributed by atoms with Gasteiger partial charge in [0.2, 0.25) is 0 Å². The maximum Gasteiger partial charge on any atom is 0.270 e. The van der Waals surface area contributed by atoms with Gasteiger partial charge in [-0.15, -0.1) is 0 Å². The van der Waals surface area contributed by atoms with E-state index in [-0.39, 0.29) is 11.2 Å². The van der Waals surface area contributed by atoms with Gasteiger partial charge in [0.1, 0.15) is 0 Å². The lowest BCUT2D eigenvalue weighted by Crippen LogP contribution is -2.23. The van der Waals surface area contributed by atoms with Gasteiger partial charge in [0.25, 0.3) is 11.2 Å². The molecule has 0 saturated carbocycles. The summed E-state index contributed by atoms with van der Waals surface area (Å²) < 4.78 is 1.37. The Morgan fingerprint density at radius 3 is 2.62 bits per heavy atom. The molecule has 0 aliphatic rings. The molecule has 0 aliphatic carbocycles. The molecule has 3 rings (SSSR count). The molecule has 0 fully saturated rings. The second kappa shape index (κ2) is 6.45. The normalized spacial score (nSPS) is 10.5. The van der Waals surface area contributed by atoms with Crippen molar-refractivity contribution in [1.82, 2.24) is 9.78 Å². The predicted molar refractivity (Wildman–Crippen MR) is 90.9 cm³/mol. The standard InChI is InChI=1S/C18H15N3O3/c1-13-5-2-3-6-15(13)12-20-18(22)10-9-17(19-20)14-7-4-8-16(11-14)21(23)24/h2-11H,12H2,1H3. The van der Waals surface area contributed by atoms with Crippen molar-refractivity contribution in [2.75, 3.05) is 0 Å². The van der Waals surface area contributed by atoms with Crippen LogP contribution in [0.5, 0.6) is 0 Å². The Morgan fingerprint density at radius 1 is 1.08 bits per heavy atom. The number of hydrogen-bond acceptors (Lipinski definition) is 4. The van der Waals surface area contributed by atoms with Crippen LogP contribution in [0.4, 0.5) is 5.69 Å². The molecule has 1 aromatic heterocycles. The molecule has 1 heterocycles.